The number of anilines is 1. The van der Waals surface area contributed by atoms with Gasteiger partial charge in [-0.2, -0.15) is 4.31 Å². The summed E-state index contributed by atoms with van der Waals surface area (Å²) in [5.41, 5.74) is 1.76. The van der Waals surface area contributed by atoms with Gasteiger partial charge in [0.15, 0.2) is 17.5 Å². The lowest BCUT2D eigenvalue weighted by Gasteiger charge is -2.16. The fourth-order valence-electron chi connectivity index (χ4n) is 3.38. The smallest absolute Gasteiger partial charge is 0.243 e. The summed E-state index contributed by atoms with van der Waals surface area (Å²) in [4.78, 5) is 4.58. The fraction of sp³-hybridized carbons (Fsp3) is 0.409. The van der Waals surface area contributed by atoms with Gasteiger partial charge in [-0.15, -0.1) is 0 Å². The molecule has 1 fully saturated rings. The third-order valence-corrected chi connectivity index (χ3v) is 6.95. The van der Waals surface area contributed by atoms with Crippen LogP contribution in [-0.2, 0) is 16.6 Å². The van der Waals surface area contributed by atoms with Crippen molar-refractivity contribution in [1.82, 2.24) is 9.62 Å². The second kappa shape index (κ2) is 10.5. The number of ether oxygens (including phenoxy) is 2. The van der Waals surface area contributed by atoms with Gasteiger partial charge in [0, 0.05) is 38.4 Å². The molecule has 0 saturated carbocycles. The molecule has 1 aliphatic heterocycles. The molecule has 1 saturated heterocycles. The van der Waals surface area contributed by atoms with E-state index in [0.29, 0.717) is 48.6 Å². The van der Waals surface area contributed by atoms with Crippen molar-refractivity contribution in [2.24, 2.45) is 4.99 Å². The van der Waals surface area contributed by atoms with E-state index >= 15 is 0 Å². The lowest BCUT2D eigenvalue weighted by molar-refractivity contribution is 0.311. The maximum absolute atomic E-state index is 12.6. The minimum absolute atomic E-state index is 0.336. The Kier molecular flexibility index (Phi) is 7.75. The van der Waals surface area contributed by atoms with Crippen molar-refractivity contribution in [1.29, 1.82) is 0 Å². The van der Waals surface area contributed by atoms with Gasteiger partial charge < -0.3 is 20.1 Å². The molecule has 0 bridgehead atoms. The van der Waals surface area contributed by atoms with Gasteiger partial charge in [-0.25, -0.2) is 8.42 Å². The van der Waals surface area contributed by atoms with Crippen molar-refractivity contribution in [3.8, 4) is 11.5 Å². The number of benzene rings is 2. The molecule has 2 aromatic rings. The molecule has 168 valence electrons. The van der Waals surface area contributed by atoms with Crippen LogP contribution in [0.1, 0.15) is 25.3 Å². The largest absolute Gasteiger partial charge is 0.493 e. The Balaban J connectivity index is 1.61. The number of nitrogens with zero attached hydrogens (tertiary/aromatic N) is 2. The van der Waals surface area contributed by atoms with E-state index in [9.17, 15) is 8.42 Å². The number of methoxy groups -OCH3 is 1. The predicted molar refractivity (Wildman–Crippen MR) is 122 cm³/mol. The van der Waals surface area contributed by atoms with E-state index in [0.717, 1.165) is 24.1 Å². The second-order valence-corrected chi connectivity index (χ2v) is 9.04. The molecule has 0 aliphatic carbocycles. The molecule has 1 aliphatic rings. The highest BCUT2D eigenvalue weighted by atomic mass is 32.2. The SMILES string of the molecule is CCOc1cc(NC(=NC)NCc2ccc(S(=O)(=O)N3CCCC3)cc2)ccc1OC. The zero-order valence-electron chi connectivity index (χ0n) is 18.2. The molecule has 1 heterocycles. The first kappa shape index (κ1) is 22.9. The molecule has 0 radical (unpaired) electrons. The number of sulfonamides is 1. The van der Waals surface area contributed by atoms with E-state index in [1.165, 1.54) is 0 Å². The average Bonchev–Trinajstić information content (AvgIpc) is 3.33. The summed E-state index contributed by atoms with van der Waals surface area (Å²) in [7, 11) is -0.0992. The van der Waals surface area contributed by atoms with E-state index in [-0.39, 0.29) is 0 Å². The monoisotopic (exact) mass is 446 g/mol. The summed E-state index contributed by atoms with van der Waals surface area (Å²) >= 11 is 0. The molecule has 9 heteroatoms. The molecule has 8 nitrogen and oxygen atoms in total. The van der Waals surface area contributed by atoms with Crippen LogP contribution < -0.4 is 20.1 Å². The number of guanidine groups is 1. The molecular formula is C22H30N4O4S. The third-order valence-electron chi connectivity index (χ3n) is 5.04. The molecule has 0 atom stereocenters. The van der Waals surface area contributed by atoms with Crippen LogP contribution in [0.25, 0.3) is 0 Å². The molecule has 31 heavy (non-hydrogen) atoms. The quantitative estimate of drug-likeness (QED) is 0.478. The Morgan fingerprint density at radius 1 is 1.10 bits per heavy atom. The summed E-state index contributed by atoms with van der Waals surface area (Å²) in [6.45, 7) is 4.16. The average molecular weight is 447 g/mol. The fourth-order valence-corrected chi connectivity index (χ4v) is 4.90. The van der Waals surface area contributed by atoms with Crippen LogP contribution in [0.5, 0.6) is 11.5 Å². The van der Waals surface area contributed by atoms with Gasteiger partial charge in [0.25, 0.3) is 0 Å². The number of hydrogen-bond acceptors (Lipinski definition) is 5. The molecule has 2 N–H and O–H groups in total. The molecule has 0 unspecified atom stereocenters. The normalized spacial score (nSPS) is 15.0. The van der Waals surface area contributed by atoms with E-state index in [2.05, 4.69) is 15.6 Å². The molecule has 0 spiro atoms. The Hall–Kier alpha value is -2.78. The highest BCUT2D eigenvalue weighted by Crippen LogP contribution is 2.30. The van der Waals surface area contributed by atoms with E-state index in [1.807, 2.05) is 37.3 Å². The zero-order chi connectivity index (χ0) is 22.3. The van der Waals surface area contributed by atoms with E-state index < -0.39 is 10.0 Å². The van der Waals surface area contributed by atoms with Gasteiger partial charge in [-0.05, 0) is 49.6 Å². The number of hydrogen-bond donors (Lipinski definition) is 2. The number of aliphatic imine (C=N–C) groups is 1. The molecular weight excluding hydrogens is 416 g/mol. The maximum Gasteiger partial charge on any atom is 0.243 e. The Labute approximate surface area is 184 Å². The van der Waals surface area contributed by atoms with Crippen molar-refractivity contribution >= 4 is 21.7 Å². The van der Waals surface area contributed by atoms with E-state index in [4.69, 9.17) is 9.47 Å². The lowest BCUT2D eigenvalue weighted by atomic mass is 10.2. The highest BCUT2D eigenvalue weighted by molar-refractivity contribution is 7.89. The van der Waals surface area contributed by atoms with Crippen molar-refractivity contribution in [3.63, 3.8) is 0 Å². The second-order valence-electron chi connectivity index (χ2n) is 7.10. The van der Waals surface area contributed by atoms with Gasteiger partial charge in [0.05, 0.1) is 18.6 Å². The van der Waals surface area contributed by atoms with Crippen LogP contribution in [0, 0.1) is 0 Å². The Morgan fingerprint density at radius 2 is 1.81 bits per heavy atom. The third kappa shape index (κ3) is 5.68. The summed E-state index contributed by atoms with van der Waals surface area (Å²) < 4.78 is 37.8. The molecule has 3 rings (SSSR count). The van der Waals surface area contributed by atoms with Crippen molar-refractivity contribution < 1.29 is 17.9 Å². The van der Waals surface area contributed by atoms with Crippen molar-refractivity contribution in [2.45, 2.75) is 31.2 Å². The summed E-state index contributed by atoms with van der Waals surface area (Å²) in [5.74, 6) is 1.90. The van der Waals surface area contributed by atoms with Crippen LogP contribution in [0.15, 0.2) is 52.4 Å². The van der Waals surface area contributed by atoms with E-state index in [1.54, 1.807) is 30.6 Å². The lowest BCUT2D eigenvalue weighted by Crippen LogP contribution is -2.30. The van der Waals surface area contributed by atoms with Gasteiger partial charge >= 0.3 is 0 Å². The van der Waals surface area contributed by atoms with Crippen LogP contribution >= 0.6 is 0 Å². The molecule has 2 aromatic carbocycles. The van der Waals surface area contributed by atoms with Gasteiger partial charge in [-0.3, -0.25) is 4.99 Å². The summed E-state index contributed by atoms with van der Waals surface area (Å²) in [5, 5.41) is 6.46. The standard InChI is InChI=1S/C22H30N4O4S/c1-4-30-21-15-18(9-12-20(21)29-3)25-22(23-2)24-16-17-7-10-19(11-8-17)31(27,28)26-13-5-6-14-26/h7-12,15H,4-6,13-14,16H2,1-3H3,(H2,23,24,25). The number of nitrogens with one attached hydrogen (secondary N) is 2. The van der Waals surface area contributed by atoms with Gasteiger partial charge in [0.1, 0.15) is 0 Å². The Morgan fingerprint density at radius 3 is 2.42 bits per heavy atom. The predicted octanol–water partition coefficient (Wildman–Crippen LogP) is 3.07. The Bertz CT molecular complexity index is 1000. The van der Waals surface area contributed by atoms with Gasteiger partial charge in [-0.1, -0.05) is 12.1 Å². The molecule has 0 aromatic heterocycles. The highest BCUT2D eigenvalue weighted by Gasteiger charge is 2.26. The van der Waals surface area contributed by atoms with Crippen LogP contribution in [0.4, 0.5) is 5.69 Å². The summed E-state index contributed by atoms with van der Waals surface area (Å²) in [6.07, 6.45) is 1.85. The minimum atomic E-state index is -3.39. The first-order valence-corrected chi connectivity index (χ1v) is 11.8. The molecule has 0 amide bonds. The number of rotatable bonds is 8. The first-order valence-electron chi connectivity index (χ1n) is 10.4. The summed E-state index contributed by atoms with van der Waals surface area (Å²) in [6, 6.07) is 12.5. The minimum Gasteiger partial charge on any atom is -0.493 e. The van der Waals surface area contributed by atoms with Crippen molar-refractivity contribution in [3.05, 3.63) is 48.0 Å². The topological polar surface area (TPSA) is 92.3 Å². The van der Waals surface area contributed by atoms with Crippen molar-refractivity contribution in [2.75, 3.05) is 39.2 Å². The first-order chi connectivity index (χ1) is 15.0. The van der Waals surface area contributed by atoms with Crippen LogP contribution in [0.3, 0.4) is 0 Å². The zero-order valence-corrected chi connectivity index (χ0v) is 19.0. The van der Waals surface area contributed by atoms with Crippen LogP contribution in [-0.4, -0.2) is 52.5 Å². The van der Waals surface area contributed by atoms with Crippen LogP contribution in [0.2, 0.25) is 0 Å². The maximum atomic E-state index is 12.6. The van der Waals surface area contributed by atoms with Gasteiger partial charge in [0.2, 0.25) is 10.0 Å².